The summed E-state index contributed by atoms with van der Waals surface area (Å²) in [5.74, 6) is -1.12. The Hall–Kier alpha value is -2.46. The third-order valence-corrected chi connectivity index (χ3v) is 6.38. The lowest BCUT2D eigenvalue weighted by molar-refractivity contribution is -0.139. The average Bonchev–Trinajstić information content (AvgIpc) is 3.06. The van der Waals surface area contributed by atoms with Crippen LogP contribution in [0, 0.1) is 5.82 Å². The van der Waals surface area contributed by atoms with E-state index in [1.807, 2.05) is 0 Å². The lowest BCUT2D eigenvalue weighted by atomic mass is 10.1. The fraction of sp³-hybridized carbons (Fsp3) is 0.381. The number of hydrogen-bond donors (Lipinski definition) is 0. The number of benzene rings is 2. The first kappa shape index (κ1) is 23.2. The molecule has 31 heavy (non-hydrogen) atoms. The third kappa shape index (κ3) is 5.82. The minimum absolute atomic E-state index is 0.0579. The predicted octanol–water partition coefficient (Wildman–Crippen LogP) is 5.03. The number of oxime groups is 1. The fourth-order valence-corrected chi connectivity index (χ4v) is 4.69. The average molecular weight is 459 g/mol. The van der Waals surface area contributed by atoms with Gasteiger partial charge in [0.15, 0.2) is 14.9 Å². The van der Waals surface area contributed by atoms with Crippen molar-refractivity contribution in [3.63, 3.8) is 0 Å². The number of nitrogens with zero attached hydrogens (tertiary/aromatic N) is 1. The molecule has 1 heterocycles. The van der Waals surface area contributed by atoms with Gasteiger partial charge in [0.2, 0.25) is 0 Å². The molecule has 0 aliphatic carbocycles. The smallest absolute Gasteiger partial charge is 0.389 e. The van der Waals surface area contributed by atoms with E-state index in [0.29, 0.717) is 5.56 Å². The maximum atomic E-state index is 13.3. The molecule has 1 aliphatic heterocycles. The van der Waals surface area contributed by atoms with E-state index < -0.39 is 51.5 Å². The van der Waals surface area contributed by atoms with Crippen molar-refractivity contribution in [3.05, 3.63) is 71.0 Å². The molecule has 1 unspecified atom stereocenters. The highest BCUT2D eigenvalue weighted by Crippen LogP contribution is 2.33. The van der Waals surface area contributed by atoms with Gasteiger partial charge >= 0.3 is 6.18 Å². The summed E-state index contributed by atoms with van der Waals surface area (Å²) in [7, 11) is -3.95. The minimum Gasteiger partial charge on any atom is -0.389 e. The normalized spacial score (nSPS) is 17.2. The van der Waals surface area contributed by atoms with Crippen LogP contribution in [0.3, 0.4) is 0 Å². The van der Waals surface area contributed by atoms with Crippen molar-refractivity contribution in [2.75, 3.05) is 5.75 Å². The molecular formula is C21H21F4NO4S. The molecule has 0 radical (unpaired) electrons. The number of sulfone groups is 1. The van der Waals surface area contributed by atoms with Gasteiger partial charge in [-0.1, -0.05) is 35.5 Å². The quantitative estimate of drug-likeness (QED) is 0.569. The van der Waals surface area contributed by atoms with Crippen molar-refractivity contribution in [3.8, 4) is 0 Å². The molecule has 0 bridgehead atoms. The fourth-order valence-electron chi connectivity index (χ4n) is 3.10. The summed E-state index contributed by atoms with van der Waals surface area (Å²) < 4.78 is 84.5. The van der Waals surface area contributed by atoms with E-state index in [9.17, 15) is 26.0 Å². The van der Waals surface area contributed by atoms with Crippen LogP contribution in [0.2, 0.25) is 0 Å². The van der Waals surface area contributed by atoms with Crippen LogP contribution in [0.1, 0.15) is 43.1 Å². The Labute approximate surface area is 177 Å². The Bertz CT molecular complexity index is 1060. The van der Waals surface area contributed by atoms with Gasteiger partial charge in [-0.25, -0.2) is 12.8 Å². The highest BCUT2D eigenvalue weighted by Gasteiger charge is 2.38. The summed E-state index contributed by atoms with van der Waals surface area (Å²) >= 11 is 0. The second kappa shape index (κ2) is 8.58. The zero-order valence-electron chi connectivity index (χ0n) is 16.8. The zero-order valence-corrected chi connectivity index (χ0v) is 17.6. The molecule has 0 aromatic heterocycles. The number of alkyl halides is 3. The first-order valence-corrected chi connectivity index (χ1v) is 11.0. The summed E-state index contributed by atoms with van der Waals surface area (Å²) in [6, 6.07) is 9.80. The van der Waals surface area contributed by atoms with Gasteiger partial charge in [-0.05, 0) is 43.2 Å². The number of halogens is 4. The van der Waals surface area contributed by atoms with Crippen LogP contribution < -0.4 is 0 Å². The molecule has 0 amide bonds. The number of ether oxygens (including phenoxy) is 1. The maximum absolute atomic E-state index is 13.3. The van der Waals surface area contributed by atoms with Gasteiger partial charge in [0, 0.05) is 6.42 Å². The van der Waals surface area contributed by atoms with Gasteiger partial charge in [0.25, 0.3) is 0 Å². The van der Waals surface area contributed by atoms with Crippen molar-refractivity contribution < 1.29 is 35.6 Å². The minimum atomic E-state index is -4.58. The van der Waals surface area contributed by atoms with E-state index >= 15 is 0 Å². The van der Waals surface area contributed by atoms with Crippen LogP contribution in [0.25, 0.3) is 0 Å². The molecule has 1 aliphatic rings. The van der Waals surface area contributed by atoms with Gasteiger partial charge in [-0.2, -0.15) is 13.2 Å². The standard InChI is InChI=1S/C21H21F4NO4S/c1-20(2)11-19(26-30-20)31(27,28)13-18(14-7-9-16(22)10-8-14)29-12-15-5-3-4-6-17(15)21(23,24)25/h3-10,18H,11-13H2,1-2H3. The van der Waals surface area contributed by atoms with Crippen LogP contribution in [-0.4, -0.2) is 24.8 Å². The monoisotopic (exact) mass is 459 g/mol. The highest BCUT2D eigenvalue weighted by atomic mass is 32.2. The highest BCUT2D eigenvalue weighted by molar-refractivity contribution is 8.06. The van der Waals surface area contributed by atoms with E-state index in [-0.39, 0.29) is 17.0 Å². The largest absolute Gasteiger partial charge is 0.416 e. The van der Waals surface area contributed by atoms with Gasteiger partial charge < -0.3 is 9.57 Å². The molecule has 2 aromatic rings. The molecule has 10 heteroatoms. The first-order chi connectivity index (χ1) is 14.4. The van der Waals surface area contributed by atoms with Gasteiger partial charge in [-0.3, -0.25) is 0 Å². The van der Waals surface area contributed by atoms with Crippen LogP contribution >= 0.6 is 0 Å². The molecule has 0 spiro atoms. The second-order valence-corrected chi connectivity index (χ2v) is 9.83. The first-order valence-electron chi connectivity index (χ1n) is 9.37. The summed E-state index contributed by atoms with van der Waals surface area (Å²) in [6.07, 6.45) is -5.67. The SMILES string of the molecule is CC1(C)CC(S(=O)(=O)CC(OCc2ccccc2C(F)(F)F)c2ccc(F)cc2)=NO1. The van der Waals surface area contributed by atoms with Crippen molar-refractivity contribution in [1.82, 2.24) is 0 Å². The lowest BCUT2D eigenvalue weighted by Crippen LogP contribution is -2.27. The van der Waals surface area contributed by atoms with Gasteiger partial charge in [0.1, 0.15) is 11.4 Å². The van der Waals surface area contributed by atoms with E-state index in [0.717, 1.165) is 18.2 Å². The van der Waals surface area contributed by atoms with E-state index in [1.54, 1.807) is 13.8 Å². The molecule has 168 valence electrons. The Morgan fingerprint density at radius 3 is 2.35 bits per heavy atom. The lowest BCUT2D eigenvalue weighted by Gasteiger charge is -2.20. The molecular weight excluding hydrogens is 438 g/mol. The van der Waals surface area contributed by atoms with Crippen molar-refractivity contribution in [1.29, 1.82) is 0 Å². The maximum Gasteiger partial charge on any atom is 0.416 e. The summed E-state index contributed by atoms with van der Waals surface area (Å²) in [6.45, 7) is 2.88. The summed E-state index contributed by atoms with van der Waals surface area (Å²) in [5, 5.41) is 3.49. The zero-order chi connectivity index (χ0) is 22.9. The predicted molar refractivity (Wildman–Crippen MR) is 106 cm³/mol. The molecule has 0 fully saturated rings. The van der Waals surface area contributed by atoms with E-state index in [1.165, 1.54) is 30.3 Å². The number of rotatable bonds is 6. The Morgan fingerprint density at radius 1 is 1.13 bits per heavy atom. The van der Waals surface area contributed by atoms with Crippen molar-refractivity contribution in [2.24, 2.45) is 5.16 Å². The summed E-state index contributed by atoms with van der Waals surface area (Å²) in [5.41, 5.74) is -1.47. The summed E-state index contributed by atoms with van der Waals surface area (Å²) in [4.78, 5) is 5.12. The molecule has 0 N–H and O–H groups in total. The van der Waals surface area contributed by atoms with Crippen molar-refractivity contribution in [2.45, 2.75) is 44.8 Å². The van der Waals surface area contributed by atoms with Crippen LogP contribution in [0.4, 0.5) is 17.6 Å². The Kier molecular flexibility index (Phi) is 6.43. The van der Waals surface area contributed by atoms with E-state index in [2.05, 4.69) is 5.16 Å². The second-order valence-electron chi connectivity index (χ2n) is 7.80. The van der Waals surface area contributed by atoms with Crippen LogP contribution in [-0.2, 0) is 32.2 Å². The van der Waals surface area contributed by atoms with Crippen LogP contribution in [0.5, 0.6) is 0 Å². The third-order valence-electron chi connectivity index (χ3n) is 4.71. The molecule has 2 aromatic carbocycles. The van der Waals surface area contributed by atoms with Gasteiger partial charge in [0.05, 0.1) is 24.0 Å². The molecule has 0 saturated heterocycles. The van der Waals surface area contributed by atoms with Crippen LogP contribution in [0.15, 0.2) is 53.7 Å². The topological polar surface area (TPSA) is 65.0 Å². The number of hydrogen-bond acceptors (Lipinski definition) is 5. The molecule has 0 saturated carbocycles. The Balaban J connectivity index is 1.86. The van der Waals surface area contributed by atoms with Crippen molar-refractivity contribution >= 4 is 14.9 Å². The molecule has 1 atom stereocenters. The molecule has 5 nitrogen and oxygen atoms in total. The van der Waals surface area contributed by atoms with E-state index in [4.69, 9.17) is 9.57 Å². The van der Waals surface area contributed by atoms with Gasteiger partial charge in [-0.15, -0.1) is 0 Å². The Morgan fingerprint density at radius 2 is 1.77 bits per heavy atom. The molecule has 3 rings (SSSR count).